The molecule has 1 aromatic heterocycles. The van der Waals surface area contributed by atoms with E-state index >= 15 is 0 Å². The van der Waals surface area contributed by atoms with Gasteiger partial charge in [-0.3, -0.25) is 14.5 Å². The third-order valence-corrected chi connectivity index (χ3v) is 4.71. The Morgan fingerprint density at radius 2 is 1.96 bits per heavy atom. The van der Waals surface area contributed by atoms with Crippen molar-refractivity contribution in [1.29, 1.82) is 0 Å². The minimum absolute atomic E-state index is 0.103. The molecule has 0 saturated carbocycles. The number of carbonyl (C=O) groups is 2. The lowest BCUT2D eigenvalue weighted by atomic mass is 10.1. The first-order valence-corrected chi connectivity index (χ1v) is 7.88. The summed E-state index contributed by atoms with van der Waals surface area (Å²) in [6, 6.07) is 5.81. The van der Waals surface area contributed by atoms with Crippen LogP contribution in [0.3, 0.4) is 0 Å². The van der Waals surface area contributed by atoms with Gasteiger partial charge in [0, 0.05) is 44.6 Å². The van der Waals surface area contributed by atoms with Crippen LogP contribution in [0.2, 0.25) is 0 Å². The number of hydrogen-bond acceptors (Lipinski definition) is 3. The third-order valence-electron chi connectivity index (χ3n) is 4.71. The Kier molecular flexibility index (Phi) is 4.28. The third kappa shape index (κ3) is 2.75. The van der Waals surface area contributed by atoms with Crippen LogP contribution in [-0.2, 0) is 11.8 Å². The quantitative estimate of drug-likeness (QED) is 0.886. The Morgan fingerprint density at radius 3 is 2.67 bits per heavy atom. The van der Waals surface area contributed by atoms with Gasteiger partial charge in [-0.2, -0.15) is 0 Å². The van der Waals surface area contributed by atoms with Crippen LogP contribution in [0.15, 0.2) is 24.3 Å². The molecule has 0 radical (unpaired) electrons. The van der Waals surface area contributed by atoms with E-state index in [2.05, 4.69) is 5.32 Å². The predicted octanol–water partition coefficient (Wildman–Crippen LogP) is 0.820. The number of carbonyl (C=O) groups excluding carboxylic acids is 2. The second-order valence-corrected chi connectivity index (χ2v) is 6.15. The van der Waals surface area contributed by atoms with Crippen LogP contribution >= 0.6 is 0 Å². The first-order valence-electron chi connectivity index (χ1n) is 7.88. The fraction of sp³-hybridized carbons (Fsp3) is 0.412. The van der Waals surface area contributed by atoms with Gasteiger partial charge in [0.1, 0.15) is 17.6 Å². The number of benzene rings is 1. The summed E-state index contributed by atoms with van der Waals surface area (Å²) in [5, 5.41) is 3.33. The lowest BCUT2D eigenvalue weighted by Crippen LogP contribution is -2.58. The van der Waals surface area contributed by atoms with Gasteiger partial charge in [-0.25, -0.2) is 4.39 Å². The number of aryl methyl sites for hydroxylation is 1. The molecule has 1 aliphatic heterocycles. The molecule has 0 bridgehead atoms. The maximum Gasteiger partial charge on any atom is 0.270 e. The van der Waals surface area contributed by atoms with E-state index in [9.17, 15) is 14.0 Å². The maximum absolute atomic E-state index is 13.4. The smallest absolute Gasteiger partial charge is 0.270 e. The molecular weight excluding hydrogens is 311 g/mol. The molecule has 2 heterocycles. The van der Waals surface area contributed by atoms with Gasteiger partial charge in [-0.05, 0) is 31.3 Å². The summed E-state index contributed by atoms with van der Waals surface area (Å²) < 4.78 is 15.2. The van der Waals surface area contributed by atoms with Crippen molar-refractivity contribution < 1.29 is 14.0 Å². The molecule has 0 unspecified atom stereocenters. The number of halogens is 1. The highest BCUT2D eigenvalue weighted by atomic mass is 19.1. The normalized spacial score (nSPS) is 18.8. The van der Waals surface area contributed by atoms with E-state index in [4.69, 9.17) is 0 Å². The first-order chi connectivity index (χ1) is 11.4. The zero-order chi connectivity index (χ0) is 17.4. The number of amides is 2. The summed E-state index contributed by atoms with van der Waals surface area (Å²) in [6.07, 6.45) is 0. The average molecular weight is 332 g/mol. The molecule has 1 fully saturated rings. The lowest BCUT2D eigenvalue weighted by Gasteiger charge is -2.38. The molecule has 2 amide bonds. The second-order valence-electron chi connectivity index (χ2n) is 6.15. The molecule has 128 valence electrons. The van der Waals surface area contributed by atoms with Gasteiger partial charge < -0.3 is 14.8 Å². The van der Waals surface area contributed by atoms with Crippen molar-refractivity contribution >= 4 is 22.7 Å². The Hall–Kier alpha value is -2.41. The van der Waals surface area contributed by atoms with Gasteiger partial charge in [-0.15, -0.1) is 0 Å². The number of hydrogen-bond donors (Lipinski definition) is 1. The van der Waals surface area contributed by atoms with Gasteiger partial charge in [0.2, 0.25) is 5.91 Å². The number of likely N-dealkylation sites (N-methyl/N-ethyl adjacent to an activating group) is 2. The van der Waals surface area contributed by atoms with Crippen molar-refractivity contribution in [1.82, 2.24) is 19.7 Å². The van der Waals surface area contributed by atoms with Crippen molar-refractivity contribution in [3.05, 3.63) is 35.8 Å². The summed E-state index contributed by atoms with van der Waals surface area (Å²) in [7, 11) is 5.26. The van der Waals surface area contributed by atoms with Crippen molar-refractivity contribution in [2.45, 2.75) is 6.04 Å². The largest absolute Gasteiger partial charge is 0.358 e. The van der Waals surface area contributed by atoms with Gasteiger partial charge in [0.05, 0.1) is 0 Å². The molecule has 0 spiro atoms. The summed E-state index contributed by atoms with van der Waals surface area (Å²) in [5.41, 5.74) is 1.30. The van der Waals surface area contributed by atoms with Gasteiger partial charge in [0.25, 0.3) is 5.91 Å². The predicted molar refractivity (Wildman–Crippen MR) is 89.3 cm³/mol. The Balaban J connectivity index is 1.89. The van der Waals surface area contributed by atoms with E-state index in [0.717, 1.165) is 5.52 Å². The molecule has 1 saturated heterocycles. The second kappa shape index (κ2) is 6.24. The molecule has 1 aliphatic rings. The summed E-state index contributed by atoms with van der Waals surface area (Å²) >= 11 is 0. The zero-order valence-electron chi connectivity index (χ0n) is 14.0. The molecule has 1 atom stereocenters. The van der Waals surface area contributed by atoms with E-state index in [0.29, 0.717) is 30.7 Å². The monoisotopic (exact) mass is 332 g/mol. The van der Waals surface area contributed by atoms with Gasteiger partial charge in [0.15, 0.2) is 0 Å². The number of nitrogens with one attached hydrogen (secondary N) is 1. The fourth-order valence-corrected chi connectivity index (χ4v) is 3.20. The van der Waals surface area contributed by atoms with Crippen molar-refractivity contribution in [2.24, 2.45) is 7.05 Å². The average Bonchev–Trinajstić information content (AvgIpc) is 2.90. The van der Waals surface area contributed by atoms with Crippen LogP contribution in [0.4, 0.5) is 4.39 Å². The van der Waals surface area contributed by atoms with Crippen LogP contribution < -0.4 is 5.32 Å². The van der Waals surface area contributed by atoms with Gasteiger partial charge >= 0.3 is 0 Å². The number of rotatable bonds is 2. The SMILES string of the molecule is CNC(=O)[C@H]1CN(C(=O)c2cc3cc(F)ccc3n2C)CCN1C. The number of aromatic nitrogens is 1. The topological polar surface area (TPSA) is 57.6 Å². The van der Waals surface area contributed by atoms with E-state index in [1.165, 1.54) is 12.1 Å². The van der Waals surface area contributed by atoms with E-state index < -0.39 is 0 Å². The minimum Gasteiger partial charge on any atom is -0.358 e. The van der Waals surface area contributed by atoms with Crippen LogP contribution in [0.5, 0.6) is 0 Å². The molecule has 1 aromatic carbocycles. The maximum atomic E-state index is 13.4. The molecule has 0 aliphatic carbocycles. The standard InChI is InChI=1S/C17H21FN4O2/c1-19-16(23)15-10-22(7-6-20(15)2)17(24)14-9-11-8-12(18)4-5-13(11)21(14)3/h4-5,8-9,15H,6-7,10H2,1-3H3,(H,19,23)/t15-/m1/s1. The summed E-state index contributed by atoms with van der Waals surface area (Å²) in [4.78, 5) is 28.5. The van der Waals surface area contributed by atoms with Crippen molar-refractivity contribution in [2.75, 3.05) is 33.7 Å². The number of fused-ring (bicyclic) bond motifs is 1. The highest BCUT2D eigenvalue weighted by Crippen LogP contribution is 2.22. The van der Waals surface area contributed by atoms with Crippen LogP contribution in [0.25, 0.3) is 10.9 Å². The summed E-state index contributed by atoms with van der Waals surface area (Å²) in [6.45, 7) is 1.52. The zero-order valence-corrected chi connectivity index (χ0v) is 14.0. The van der Waals surface area contributed by atoms with E-state index in [1.807, 2.05) is 11.9 Å². The van der Waals surface area contributed by atoms with Crippen molar-refractivity contribution in [3.63, 3.8) is 0 Å². The Bertz CT molecular complexity index is 801. The molecular formula is C17H21FN4O2. The number of nitrogens with zero attached hydrogens (tertiary/aromatic N) is 3. The highest BCUT2D eigenvalue weighted by molar-refractivity contribution is 5.99. The van der Waals surface area contributed by atoms with E-state index in [1.54, 1.807) is 35.7 Å². The molecule has 3 rings (SSSR count). The lowest BCUT2D eigenvalue weighted by molar-refractivity contribution is -0.127. The van der Waals surface area contributed by atoms with E-state index in [-0.39, 0.29) is 23.7 Å². The summed E-state index contributed by atoms with van der Waals surface area (Å²) in [5.74, 6) is -0.573. The van der Waals surface area contributed by atoms with Crippen LogP contribution in [0.1, 0.15) is 10.5 Å². The van der Waals surface area contributed by atoms with Gasteiger partial charge in [-0.1, -0.05) is 0 Å². The fourth-order valence-electron chi connectivity index (χ4n) is 3.20. The molecule has 7 heteroatoms. The first kappa shape index (κ1) is 16.4. The molecule has 1 N–H and O–H groups in total. The minimum atomic E-state index is -0.361. The highest BCUT2D eigenvalue weighted by Gasteiger charge is 2.32. The molecule has 24 heavy (non-hydrogen) atoms. The van der Waals surface area contributed by atoms with Crippen LogP contribution in [0, 0.1) is 5.82 Å². The number of piperazine rings is 1. The van der Waals surface area contributed by atoms with Crippen molar-refractivity contribution in [3.8, 4) is 0 Å². The Labute approximate surface area is 139 Å². The van der Waals surface area contributed by atoms with Crippen LogP contribution in [-0.4, -0.2) is 66.0 Å². The molecule has 2 aromatic rings. The molecule has 6 nitrogen and oxygen atoms in total. The Morgan fingerprint density at radius 1 is 1.21 bits per heavy atom.